The average molecular weight is 815 g/mol. The number of aldehydes is 1. The zero-order valence-corrected chi connectivity index (χ0v) is 34.4. The lowest BCUT2D eigenvalue weighted by atomic mass is 9.89. The lowest BCUT2D eigenvalue weighted by Crippen LogP contribution is -2.33. The maximum Gasteiger partial charge on any atom is 0.305 e. The van der Waals surface area contributed by atoms with Crippen LogP contribution in [0.3, 0.4) is 0 Å². The second-order valence-electron chi connectivity index (χ2n) is 15.7. The molecule has 2 heterocycles. The number of unbranched alkanes of at least 4 members (excludes halogenated alkanes) is 6. The molecule has 14 heteroatoms. The molecule has 1 N–H and O–H groups in total. The highest BCUT2D eigenvalue weighted by molar-refractivity contribution is 5.69. The van der Waals surface area contributed by atoms with Crippen molar-refractivity contribution in [1.82, 2.24) is 0 Å². The molecule has 57 heavy (non-hydrogen) atoms. The summed E-state index contributed by atoms with van der Waals surface area (Å²) in [6, 6.07) is 0. The van der Waals surface area contributed by atoms with Gasteiger partial charge in [0.15, 0.2) is 12.6 Å². The SMILES string of the molecule is C.COC(=O)CCCCCCC1[C@@H](OC(C)=O)C[C@@H](OC2CCCCO2)[C@@H]1C=O.COC(=O)CCCCCCC1[C@@H](OC(C)=O)C[C@@H](OC2CCCCO2)[C@@H]1CO. The molecule has 2 aliphatic carbocycles. The van der Waals surface area contributed by atoms with Crippen molar-refractivity contribution in [2.75, 3.05) is 34.0 Å². The zero-order valence-electron chi connectivity index (χ0n) is 34.4. The topological polar surface area (TPSA) is 179 Å². The van der Waals surface area contributed by atoms with Crippen molar-refractivity contribution in [1.29, 1.82) is 0 Å². The van der Waals surface area contributed by atoms with Gasteiger partial charge in [-0.1, -0.05) is 46.0 Å². The molecule has 0 aromatic carbocycles. The zero-order chi connectivity index (χ0) is 40.7. The Bertz CT molecular complexity index is 1150. The van der Waals surface area contributed by atoms with Gasteiger partial charge in [0.25, 0.3) is 0 Å². The summed E-state index contributed by atoms with van der Waals surface area (Å²) in [6.07, 6.45) is 16.5. The third-order valence-corrected chi connectivity index (χ3v) is 11.6. The Kier molecular flexibility index (Phi) is 25.4. The first-order valence-corrected chi connectivity index (χ1v) is 21.2. The predicted octanol–water partition coefficient (Wildman–Crippen LogP) is 6.79. The summed E-state index contributed by atoms with van der Waals surface area (Å²) >= 11 is 0. The summed E-state index contributed by atoms with van der Waals surface area (Å²) in [6.45, 7) is 4.24. The van der Waals surface area contributed by atoms with E-state index >= 15 is 0 Å². The van der Waals surface area contributed by atoms with E-state index in [4.69, 9.17) is 28.4 Å². The van der Waals surface area contributed by atoms with Gasteiger partial charge < -0.3 is 47.8 Å². The van der Waals surface area contributed by atoms with Crippen LogP contribution in [0.15, 0.2) is 0 Å². The number of rotatable bonds is 22. The van der Waals surface area contributed by atoms with Crippen molar-refractivity contribution < 1.29 is 67.0 Å². The average Bonchev–Trinajstić information content (AvgIpc) is 3.68. The van der Waals surface area contributed by atoms with Crippen molar-refractivity contribution >= 4 is 30.2 Å². The molecule has 14 nitrogen and oxygen atoms in total. The number of esters is 4. The van der Waals surface area contributed by atoms with E-state index in [0.717, 1.165) is 109 Å². The first-order chi connectivity index (χ1) is 27.1. The number of hydrogen-bond donors (Lipinski definition) is 1. The van der Waals surface area contributed by atoms with E-state index in [2.05, 4.69) is 9.47 Å². The second kappa shape index (κ2) is 28.7. The van der Waals surface area contributed by atoms with E-state index in [1.165, 1.54) is 28.1 Å². The van der Waals surface area contributed by atoms with Gasteiger partial charge in [0.1, 0.15) is 18.5 Å². The molecule has 4 fully saturated rings. The van der Waals surface area contributed by atoms with Crippen LogP contribution in [-0.4, -0.2) is 106 Å². The smallest absolute Gasteiger partial charge is 0.305 e. The lowest BCUT2D eigenvalue weighted by molar-refractivity contribution is -0.198. The number of aliphatic hydroxyl groups is 1. The van der Waals surface area contributed by atoms with Gasteiger partial charge >= 0.3 is 23.9 Å². The summed E-state index contributed by atoms with van der Waals surface area (Å²) < 4.78 is 44.0. The highest BCUT2D eigenvalue weighted by Crippen LogP contribution is 2.41. The van der Waals surface area contributed by atoms with E-state index in [9.17, 15) is 29.1 Å². The van der Waals surface area contributed by atoms with Crippen LogP contribution < -0.4 is 0 Å². The molecular weight excluding hydrogens is 740 g/mol. The molecule has 4 aliphatic rings. The van der Waals surface area contributed by atoms with Crippen LogP contribution in [0.25, 0.3) is 0 Å². The van der Waals surface area contributed by atoms with Crippen molar-refractivity contribution in [3.05, 3.63) is 0 Å². The van der Waals surface area contributed by atoms with Gasteiger partial charge in [-0.25, -0.2) is 0 Å². The molecule has 2 saturated carbocycles. The molecule has 10 atom stereocenters. The quantitative estimate of drug-likeness (QED) is 0.0523. The monoisotopic (exact) mass is 815 g/mol. The Hall–Kier alpha value is -2.65. The van der Waals surface area contributed by atoms with Crippen LogP contribution in [0.4, 0.5) is 0 Å². The van der Waals surface area contributed by atoms with Crippen molar-refractivity contribution in [2.45, 2.75) is 187 Å². The van der Waals surface area contributed by atoms with Crippen LogP contribution in [0.5, 0.6) is 0 Å². The molecule has 0 aromatic heterocycles. The summed E-state index contributed by atoms with van der Waals surface area (Å²) in [5.41, 5.74) is 0. The number of carbonyl (C=O) groups excluding carboxylic acids is 5. The summed E-state index contributed by atoms with van der Waals surface area (Å²) in [5.74, 6) is -1.26. The number of aliphatic hydroxyl groups excluding tert-OH is 1. The van der Waals surface area contributed by atoms with E-state index in [0.29, 0.717) is 38.9 Å². The Morgan fingerprint density at radius 1 is 0.614 bits per heavy atom. The Balaban J connectivity index is 0.000000387. The molecule has 0 bridgehead atoms. The van der Waals surface area contributed by atoms with Gasteiger partial charge in [0.05, 0.1) is 26.4 Å². The summed E-state index contributed by atoms with van der Waals surface area (Å²) in [4.78, 5) is 57.2. The third kappa shape index (κ3) is 18.4. The Morgan fingerprint density at radius 2 is 1.07 bits per heavy atom. The fraction of sp³-hybridized carbons (Fsp3) is 0.884. The molecule has 330 valence electrons. The van der Waals surface area contributed by atoms with Gasteiger partial charge in [0, 0.05) is 83.0 Å². The molecule has 0 amide bonds. The Labute approximate surface area is 341 Å². The van der Waals surface area contributed by atoms with Crippen LogP contribution in [0.2, 0.25) is 0 Å². The number of methoxy groups -OCH3 is 2. The second-order valence-corrected chi connectivity index (χ2v) is 15.7. The van der Waals surface area contributed by atoms with Gasteiger partial charge in [-0.15, -0.1) is 0 Å². The summed E-state index contributed by atoms with van der Waals surface area (Å²) in [5, 5.41) is 10.0. The highest BCUT2D eigenvalue weighted by Gasteiger charge is 2.47. The van der Waals surface area contributed by atoms with Gasteiger partial charge in [-0.3, -0.25) is 19.2 Å². The van der Waals surface area contributed by atoms with Crippen LogP contribution in [-0.2, 0) is 61.9 Å². The number of ether oxygens (including phenoxy) is 8. The van der Waals surface area contributed by atoms with Gasteiger partial charge in [-0.2, -0.15) is 0 Å². The molecule has 0 aromatic rings. The fourth-order valence-electron chi connectivity index (χ4n) is 8.67. The lowest BCUT2D eigenvalue weighted by Gasteiger charge is -2.29. The molecular formula is C43H74O14. The first-order valence-electron chi connectivity index (χ1n) is 21.2. The maximum atomic E-state index is 11.8. The largest absolute Gasteiger partial charge is 0.469 e. The number of hydrogen-bond acceptors (Lipinski definition) is 14. The minimum atomic E-state index is -0.327. The van der Waals surface area contributed by atoms with Gasteiger partial charge in [0.2, 0.25) is 0 Å². The molecule has 0 radical (unpaired) electrons. The summed E-state index contributed by atoms with van der Waals surface area (Å²) in [7, 11) is 2.80. The van der Waals surface area contributed by atoms with Crippen LogP contribution >= 0.6 is 0 Å². The minimum Gasteiger partial charge on any atom is -0.469 e. The van der Waals surface area contributed by atoms with Crippen LogP contribution in [0.1, 0.15) is 150 Å². The molecule has 2 aliphatic heterocycles. The molecule has 2 saturated heterocycles. The molecule has 4 unspecified atom stereocenters. The van der Waals surface area contributed by atoms with Gasteiger partial charge in [-0.05, 0) is 64.2 Å². The first kappa shape index (κ1) is 50.5. The standard InChI is InChI=1S/C21H36O7.C21H34O7.CH4/c2*1-15(23)27-18-13-19(28-21-11-7-8-12-26-21)17(14-22)16(18)9-5-3-4-6-10-20(24)25-2;/h16-19,21-22H,3-14H2,1-2H3;14,16-19,21H,3-13H2,1-2H3;1H4/t2*16?,17-,18+,19-,21?;/m11./s1. The minimum absolute atomic E-state index is 0. The van der Waals surface area contributed by atoms with Crippen molar-refractivity contribution in [2.24, 2.45) is 23.7 Å². The van der Waals surface area contributed by atoms with Crippen molar-refractivity contribution in [3.63, 3.8) is 0 Å². The van der Waals surface area contributed by atoms with E-state index < -0.39 is 0 Å². The highest BCUT2D eigenvalue weighted by atomic mass is 16.7. The fourth-order valence-corrected chi connectivity index (χ4v) is 8.67. The Morgan fingerprint density at radius 3 is 1.51 bits per heavy atom. The third-order valence-electron chi connectivity index (χ3n) is 11.6. The maximum absolute atomic E-state index is 11.8. The molecule has 4 rings (SSSR count). The van der Waals surface area contributed by atoms with Crippen molar-refractivity contribution in [3.8, 4) is 0 Å². The normalized spacial score (nSPS) is 29.6. The van der Waals surface area contributed by atoms with Crippen LogP contribution in [0, 0.1) is 23.7 Å². The molecule has 0 spiro atoms. The number of carbonyl (C=O) groups is 5. The van der Waals surface area contributed by atoms with E-state index in [1.807, 2.05) is 0 Å². The predicted molar refractivity (Wildman–Crippen MR) is 211 cm³/mol. The van der Waals surface area contributed by atoms with E-state index in [1.54, 1.807) is 0 Å². The van der Waals surface area contributed by atoms with E-state index in [-0.39, 0.29) is 98.6 Å².